The lowest BCUT2D eigenvalue weighted by Gasteiger charge is -2.35. The first-order valence-electron chi connectivity index (χ1n) is 10.4. The summed E-state index contributed by atoms with van der Waals surface area (Å²) in [5.74, 6) is -1.06. The zero-order chi connectivity index (χ0) is 21.8. The number of ether oxygens (including phenoxy) is 2. The number of carbonyl (C=O) groups is 2. The van der Waals surface area contributed by atoms with Gasteiger partial charge in [-0.25, -0.2) is 14.1 Å². The Hall–Kier alpha value is -3.06. The Labute approximate surface area is 180 Å². The summed E-state index contributed by atoms with van der Waals surface area (Å²) in [4.78, 5) is 31.6. The quantitative estimate of drug-likeness (QED) is 0.654. The van der Waals surface area contributed by atoms with Crippen LogP contribution in [0.4, 0.5) is 9.18 Å². The highest BCUT2D eigenvalue weighted by Crippen LogP contribution is 2.39. The summed E-state index contributed by atoms with van der Waals surface area (Å²) in [6, 6.07) is 14.0. The Morgan fingerprint density at radius 2 is 1.77 bits per heavy atom. The van der Waals surface area contributed by atoms with Crippen LogP contribution in [0.5, 0.6) is 0 Å². The van der Waals surface area contributed by atoms with E-state index in [9.17, 15) is 14.0 Å². The molecule has 4 rings (SSSR count). The first kappa shape index (κ1) is 21.2. The van der Waals surface area contributed by atoms with Crippen LogP contribution in [0.25, 0.3) is 0 Å². The van der Waals surface area contributed by atoms with Crippen molar-refractivity contribution in [1.82, 2.24) is 4.90 Å². The van der Waals surface area contributed by atoms with E-state index in [2.05, 4.69) is 11.7 Å². The lowest BCUT2D eigenvalue weighted by atomic mass is 9.76. The summed E-state index contributed by atoms with van der Waals surface area (Å²) in [6.07, 6.45) is 0.805. The smallest absolute Gasteiger partial charge is 0.417 e. The van der Waals surface area contributed by atoms with E-state index < -0.39 is 24.1 Å². The van der Waals surface area contributed by atoms with Gasteiger partial charge in [-0.05, 0) is 48.7 Å². The maximum atomic E-state index is 13.7. The Bertz CT molecular complexity index is 928. The van der Waals surface area contributed by atoms with E-state index in [1.807, 2.05) is 30.3 Å². The number of aliphatic imine (C=N–C) groups is 1. The number of imide groups is 1. The first-order valence-corrected chi connectivity index (χ1v) is 10.4. The third kappa shape index (κ3) is 4.37. The van der Waals surface area contributed by atoms with Gasteiger partial charge in [-0.2, -0.15) is 0 Å². The van der Waals surface area contributed by atoms with Gasteiger partial charge in [-0.1, -0.05) is 42.5 Å². The third-order valence-corrected chi connectivity index (χ3v) is 6.11. The van der Waals surface area contributed by atoms with Gasteiger partial charge in [0.05, 0.1) is 0 Å². The topological polar surface area (TPSA) is 68.2 Å². The molecule has 2 aliphatic rings. The fraction of sp³-hybridized carbons (Fsp3) is 0.375. The van der Waals surface area contributed by atoms with Crippen LogP contribution in [0.15, 0.2) is 59.6 Å². The van der Waals surface area contributed by atoms with Crippen LogP contribution < -0.4 is 0 Å². The molecule has 0 aliphatic carbocycles. The number of hydrogen-bond acceptors (Lipinski definition) is 5. The molecule has 6 nitrogen and oxygen atoms in total. The van der Waals surface area contributed by atoms with Gasteiger partial charge < -0.3 is 9.47 Å². The highest BCUT2D eigenvalue weighted by molar-refractivity contribution is 5.97. The molecule has 2 aromatic carbocycles. The van der Waals surface area contributed by atoms with Gasteiger partial charge in [0.15, 0.2) is 0 Å². The molecule has 2 amide bonds. The van der Waals surface area contributed by atoms with Crippen molar-refractivity contribution in [2.75, 3.05) is 19.8 Å². The molecule has 31 heavy (non-hydrogen) atoms. The van der Waals surface area contributed by atoms with Gasteiger partial charge >= 0.3 is 6.09 Å². The monoisotopic (exact) mass is 424 g/mol. The molecule has 0 spiro atoms. The molecule has 0 saturated carbocycles. The van der Waals surface area contributed by atoms with Crippen molar-refractivity contribution in [3.05, 3.63) is 71.5 Å². The van der Waals surface area contributed by atoms with Gasteiger partial charge in [-0.3, -0.25) is 9.79 Å². The minimum absolute atomic E-state index is 0.0902. The Morgan fingerprint density at radius 3 is 2.42 bits per heavy atom. The Morgan fingerprint density at radius 1 is 1.10 bits per heavy atom. The van der Waals surface area contributed by atoms with E-state index in [1.54, 1.807) is 12.1 Å². The highest BCUT2D eigenvalue weighted by Gasteiger charge is 2.45. The van der Waals surface area contributed by atoms with Crippen molar-refractivity contribution in [2.45, 2.75) is 30.8 Å². The van der Waals surface area contributed by atoms with Crippen LogP contribution in [0.2, 0.25) is 0 Å². The molecule has 2 aliphatic heterocycles. The van der Waals surface area contributed by atoms with Gasteiger partial charge in [0.2, 0.25) is 0 Å². The van der Waals surface area contributed by atoms with Crippen LogP contribution in [0.1, 0.15) is 35.9 Å². The van der Waals surface area contributed by atoms with Crippen LogP contribution in [0, 0.1) is 11.7 Å². The second-order valence-corrected chi connectivity index (χ2v) is 7.87. The Kier molecular flexibility index (Phi) is 6.42. The second kappa shape index (κ2) is 9.39. The number of cyclic esters (lactones) is 1. The summed E-state index contributed by atoms with van der Waals surface area (Å²) in [6.45, 7) is 4.94. The van der Waals surface area contributed by atoms with Gasteiger partial charge in [0.25, 0.3) is 5.91 Å². The lowest BCUT2D eigenvalue weighted by molar-refractivity contribution is -0.131. The number of nitrogens with zero attached hydrogens (tertiary/aromatic N) is 2. The zero-order valence-electron chi connectivity index (χ0n) is 17.2. The molecule has 0 aromatic heterocycles. The molecule has 7 heteroatoms. The fourth-order valence-electron chi connectivity index (χ4n) is 4.55. The predicted octanol–water partition coefficient (Wildman–Crippen LogP) is 4.13. The summed E-state index contributed by atoms with van der Waals surface area (Å²) in [7, 11) is 0. The van der Waals surface area contributed by atoms with E-state index in [4.69, 9.17) is 9.47 Å². The fourth-order valence-corrected chi connectivity index (χ4v) is 4.55. The zero-order valence-corrected chi connectivity index (χ0v) is 17.2. The number of benzene rings is 2. The second-order valence-electron chi connectivity index (χ2n) is 7.87. The van der Waals surface area contributed by atoms with Crippen molar-refractivity contribution in [3.8, 4) is 0 Å². The molecule has 0 bridgehead atoms. The number of rotatable bonds is 6. The minimum Gasteiger partial charge on any atom is -0.446 e. The summed E-state index contributed by atoms with van der Waals surface area (Å²) >= 11 is 0. The molecule has 0 unspecified atom stereocenters. The predicted molar refractivity (Wildman–Crippen MR) is 113 cm³/mol. The molecular weight excluding hydrogens is 399 g/mol. The Balaban J connectivity index is 1.69. The van der Waals surface area contributed by atoms with Crippen LogP contribution in [-0.2, 0) is 14.3 Å². The van der Waals surface area contributed by atoms with Gasteiger partial charge in [0, 0.05) is 19.1 Å². The van der Waals surface area contributed by atoms with Gasteiger partial charge in [0.1, 0.15) is 24.5 Å². The standard InChI is InChI=1S/C24H25FN2O4/c1-26-22(21(18-11-13-30-14-12-18)17-7-9-19(25)10-8-17)23(28)27-20(15-31-24(27)29)16-5-3-2-4-6-16/h2-10,18,20-22H,1,11-15H2/t20-,21+,22+/m1/s1. The third-order valence-electron chi connectivity index (χ3n) is 6.11. The maximum Gasteiger partial charge on any atom is 0.417 e. The average molecular weight is 424 g/mol. The lowest BCUT2D eigenvalue weighted by Crippen LogP contribution is -2.45. The molecule has 3 atom stereocenters. The van der Waals surface area contributed by atoms with E-state index in [-0.39, 0.29) is 24.3 Å². The van der Waals surface area contributed by atoms with Crippen molar-refractivity contribution in [2.24, 2.45) is 10.9 Å². The van der Waals surface area contributed by atoms with Crippen molar-refractivity contribution in [1.29, 1.82) is 0 Å². The largest absolute Gasteiger partial charge is 0.446 e. The summed E-state index contributed by atoms with van der Waals surface area (Å²) in [5.41, 5.74) is 1.61. The van der Waals surface area contributed by atoms with Crippen LogP contribution >= 0.6 is 0 Å². The summed E-state index contributed by atoms with van der Waals surface area (Å²) in [5, 5.41) is 0. The number of amides is 2. The number of carbonyl (C=O) groups excluding carboxylic acids is 2. The van der Waals surface area contributed by atoms with E-state index in [1.165, 1.54) is 12.1 Å². The molecule has 2 heterocycles. The molecule has 0 N–H and O–H groups in total. The summed E-state index contributed by atoms with van der Waals surface area (Å²) < 4.78 is 24.3. The SMILES string of the molecule is C=N[C@H](C(=O)N1C(=O)OC[C@@H]1c1ccccc1)[C@@H](c1ccc(F)cc1)C1CCOCC1. The molecule has 162 valence electrons. The molecule has 2 fully saturated rings. The highest BCUT2D eigenvalue weighted by atomic mass is 19.1. The molecule has 2 aromatic rings. The molecule has 2 saturated heterocycles. The maximum absolute atomic E-state index is 13.7. The van der Waals surface area contributed by atoms with Crippen molar-refractivity contribution < 1.29 is 23.5 Å². The normalized spacial score (nSPS) is 21.4. The molecular formula is C24H25FN2O4. The van der Waals surface area contributed by atoms with Crippen LogP contribution in [0.3, 0.4) is 0 Å². The van der Waals surface area contributed by atoms with Crippen molar-refractivity contribution >= 4 is 18.7 Å². The first-order chi connectivity index (χ1) is 15.1. The minimum atomic E-state index is -0.898. The number of halogens is 1. The van der Waals surface area contributed by atoms with E-state index in [0.717, 1.165) is 28.9 Å². The van der Waals surface area contributed by atoms with Crippen molar-refractivity contribution in [3.63, 3.8) is 0 Å². The number of hydrogen-bond donors (Lipinski definition) is 0. The van der Waals surface area contributed by atoms with Crippen LogP contribution in [-0.4, -0.2) is 49.5 Å². The van der Waals surface area contributed by atoms with E-state index in [0.29, 0.717) is 13.2 Å². The van der Waals surface area contributed by atoms with Gasteiger partial charge in [-0.15, -0.1) is 0 Å². The molecule has 0 radical (unpaired) electrons. The van der Waals surface area contributed by atoms with E-state index >= 15 is 0 Å². The average Bonchev–Trinajstić information content (AvgIpc) is 3.20.